The first-order chi connectivity index (χ1) is 12.7. The van der Waals surface area contributed by atoms with Gasteiger partial charge < -0.3 is 10.1 Å². The maximum atomic E-state index is 12.1. The number of nitrogens with zero attached hydrogens (tertiary/aromatic N) is 2. The van der Waals surface area contributed by atoms with Gasteiger partial charge in [-0.3, -0.25) is 5.32 Å². The summed E-state index contributed by atoms with van der Waals surface area (Å²) in [6.45, 7) is 2.53. The summed E-state index contributed by atoms with van der Waals surface area (Å²) in [5.74, 6) is 1.58. The van der Waals surface area contributed by atoms with E-state index >= 15 is 0 Å². The topological polar surface area (TPSA) is 76.1 Å². The van der Waals surface area contributed by atoms with Crippen LogP contribution < -0.4 is 15.4 Å². The van der Waals surface area contributed by atoms with Crippen LogP contribution in [0.1, 0.15) is 12.5 Å². The molecule has 0 saturated heterocycles. The third-order valence-electron chi connectivity index (χ3n) is 3.26. The fourth-order valence-electron chi connectivity index (χ4n) is 2.10. The highest BCUT2D eigenvalue weighted by atomic mass is 32.2. The van der Waals surface area contributed by atoms with Gasteiger partial charge in [-0.05, 0) is 36.8 Å². The average Bonchev–Trinajstić information content (AvgIpc) is 3.10. The van der Waals surface area contributed by atoms with Gasteiger partial charge in [0.2, 0.25) is 5.13 Å². The van der Waals surface area contributed by atoms with Gasteiger partial charge >= 0.3 is 6.03 Å². The summed E-state index contributed by atoms with van der Waals surface area (Å²) in [6.07, 6.45) is 0. The number of carbonyl (C=O) groups excluding carboxylic acids is 1. The first-order valence-corrected chi connectivity index (χ1v) is 9.84. The van der Waals surface area contributed by atoms with E-state index in [1.807, 2.05) is 37.3 Å². The molecule has 2 aromatic carbocycles. The molecule has 0 atom stereocenters. The minimum atomic E-state index is -0.357. The second-order valence-electron chi connectivity index (χ2n) is 5.18. The zero-order valence-corrected chi connectivity index (χ0v) is 15.8. The van der Waals surface area contributed by atoms with E-state index in [9.17, 15) is 4.79 Å². The number of hydrogen-bond donors (Lipinski definition) is 2. The van der Waals surface area contributed by atoms with Crippen molar-refractivity contribution in [2.45, 2.75) is 17.0 Å². The third kappa shape index (κ3) is 5.47. The number of carbonyl (C=O) groups is 1. The van der Waals surface area contributed by atoms with Crippen LogP contribution in [0.5, 0.6) is 5.75 Å². The van der Waals surface area contributed by atoms with Gasteiger partial charge in [-0.2, -0.15) is 0 Å². The van der Waals surface area contributed by atoms with Crippen molar-refractivity contribution in [3.8, 4) is 5.75 Å². The molecule has 2 N–H and O–H groups in total. The van der Waals surface area contributed by atoms with Crippen molar-refractivity contribution in [2.24, 2.45) is 0 Å². The van der Waals surface area contributed by atoms with Crippen LogP contribution in [0.2, 0.25) is 0 Å². The second kappa shape index (κ2) is 9.21. The van der Waals surface area contributed by atoms with E-state index in [-0.39, 0.29) is 6.03 Å². The molecule has 0 bridgehead atoms. The van der Waals surface area contributed by atoms with Gasteiger partial charge in [0.05, 0.1) is 6.61 Å². The Labute approximate surface area is 160 Å². The van der Waals surface area contributed by atoms with Gasteiger partial charge in [-0.1, -0.05) is 53.4 Å². The molecule has 0 saturated carbocycles. The van der Waals surface area contributed by atoms with Gasteiger partial charge in [0.25, 0.3) is 0 Å². The highest BCUT2D eigenvalue weighted by Crippen LogP contribution is 2.28. The highest BCUT2D eigenvalue weighted by molar-refractivity contribution is 8.00. The maximum absolute atomic E-state index is 12.1. The summed E-state index contributed by atoms with van der Waals surface area (Å²) >= 11 is 2.94. The molecule has 0 unspecified atom stereocenters. The molecule has 0 aliphatic heterocycles. The predicted molar refractivity (Wildman–Crippen MR) is 106 cm³/mol. The lowest BCUT2D eigenvalue weighted by molar-refractivity contribution is 0.262. The molecule has 3 rings (SSSR count). The maximum Gasteiger partial charge on any atom is 0.325 e. The fourth-order valence-corrected chi connectivity index (χ4v) is 3.80. The number of urea groups is 1. The molecule has 3 aromatic rings. The van der Waals surface area contributed by atoms with Crippen molar-refractivity contribution in [1.29, 1.82) is 0 Å². The lowest BCUT2D eigenvalue weighted by Gasteiger charge is -2.06. The second-order valence-corrected chi connectivity index (χ2v) is 7.38. The van der Waals surface area contributed by atoms with Crippen LogP contribution in [0.15, 0.2) is 58.9 Å². The summed E-state index contributed by atoms with van der Waals surface area (Å²) in [5.41, 5.74) is 1.89. The van der Waals surface area contributed by atoms with E-state index in [0.29, 0.717) is 17.4 Å². The van der Waals surface area contributed by atoms with Crippen molar-refractivity contribution in [1.82, 2.24) is 10.2 Å². The zero-order chi connectivity index (χ0) is 18.2. The van der Waals surface area contributed by atoms with Crippen LogP contribution in [0.4, 0.5) is 15.6 Å². The van der Waals surface area contributed by atoms with Gasteiger partial charge in [-0.15, -0.1) is 10.2 Å². The Bertz CT molecular complexity index is 838. The summed E-state index contributed by atoms with van der Waals surface area (Å²) in [6, 6.07) is 17.0. The summed E-state index contributed by atoms with van der Waals surface area (Å²) in [7, 11) is 0. The number of benzene rings is 2. The van der Waals surface area contributed by atoms with Gasteiger partial charge in [0.15, 0.2) is 4.34 Å². The molecular formula is C18H18N4O2S2. The van der Waals surface area contributed by atoms with Crippen molar-refractivity contribution in [3.63, 3.8) is 0 Å². The minimum absolute atomic E-state index is 0.357. The summed E-state index contributed by atoms with van der Waals surface area (Å²) in [5, 5.41) is 14.0. The van der Waals surface area contributed by atoms with Crippen molar-refractivity contribution < 1.29 is 9.53 Å². The first kappa shape index (κ1) is 18.2. The molecule has 8 heteroatoms. The van der Waals surface area contributed by atoms with Crippen LogP contribution in [0.25, 0.3) is 0 Å². The third-order valence-corrected chi connectivity index (χ3v) is 5.30. The molecular weight excluding hydrogens is 368 g/mol. The van der Waals surface area contributed by atoms with Crippen LogP contribution in [0.3, 0.4) is 0 Å². The Hall–Kier alpha value is -2.58. The van der Waals surface area contributed by atoms with Crippen LogP contribution in [-0.2, 0) is 5.75 Å². The van der Waals surface area contributed by atoms with Crippen molar-refractivity contribution in [2.75, 3.05) is 17.2 Å². The molecule has 1 heterocycles. The lowest BCUT2D eigenvalue weighted by atomic mass is 10.2. The van der Waals surface area contributed by atoms with E-state index in [4.69, 9.17) is 4.74 Å². The summed E-state index contributed by atoms with van der Waals surface area (Å²) < 4.78 is 6.18. The normalized spacial score (nSPS) is 10.3. The van der Waals surface area contributed by atoms with Gasteiger partial charge in [-0.25, -0.2) is 4.79 Å². The standard InChI is InChI=1S/C18H18N4O2S2/c1-2-24-15-10-8-14(9-11-15)19-16(23)20-17-21-22-18(26-17)25-12-13-6-4-3-5-7-13/h3-11H,2,12H2,1H3,(H2,19,20,21,23). The fraction of sp³-hybridized carbons (Fsp3) is 0.167. The molecule has 6 nitrogen and oxygen atoms in total. The molecule has 2 amide bonds. The van der Waals surface area contributed by atoms with Crippen LogP contribution in [-0.4, -0.2) is 22.8 Å². The van der Waals surface area contributed by atoms with Crippen molar-refractivity contribution in [3.05, 3.63) is 60.2 Å². The molecule has 0 aliphatic rings. The molecule has 1 aromatic heterocycles. The minimum Gasteiger partial charge on any atom is -0.494 e. The average molecular weight is 387 g/mol. The Kier molecular flexibility index (Phi) is 6.45. The Morgan fingerprint density at radius 2 is 1.85 bits per heavy atom. The quantitative estimate of drug-likeness (QED) is 0.447. The molecule has 0 radical (unpaired) electrons. The van der Waals surface area contributed by atoms with E-state index < -0.39 is 0 Å². The van der Waals surface area contributed by atoms with E-state index in [1.165, 1.54) is 16.9 Å². The van der Waals surface area contributed by atoms with Crippen LogP contribution in [0, 0.1) is 0 Å². The summed E-state index contributed by atoms with van der Waals surface area (Å²) in [4.78, 5) is 12.1. The lowest BCUT2D eigenvalue weighted by Crippen LogP contribution is -2.19. The molecule has 0 aliphatic carbocycles. The SMILES string of the molecule is CCOc1ccc(NC(=O)Nc2nnc(SCc3ccccc3)s2)cc1. The van der Waals surface area contributed by atoms with E-state index in [0.717, 1.165) is 15.8 Å². The smallest absolute Gasteiger partial charge is 0.325 e. The Morgan fingerprint density at radius 1 is 1.08 bits per heavy atom. The number of hydrogen-bond acceptors (Lipinski definition) is 6. The number of ether oxygens (including phenoxy) is 1. The number of amides is 2. The zero-order valence-electron chi connectivity index (χ0n) is 14.1. The first-order valence-electron chi connectivity index (χ1n) is 8.04. The number of thioether (sulfide) groups is 1. The molecule has 134 valence electrons. The Morgan fingerprint density at radius 3 is 2.58 bits per heavy atom. The molecule has 26 heavy (non-hydrogen) atoms. The molecule has 0 spiro atoms. The number of anilines is 2. The Balaban J connectivity index is 1.49. The monoisotopic (exact) mass is 386 g/mol. The largest absolute Gasteiger partial charge is 0.494 e. The van der Waals surface area contributed by atoms with Gasteiger partial charge in [0.1, 0.15) is 5.75 Å². The van der Waals surface area contributed by atoms with Crippen LogP contribution >= 0.6 is 23.1 Å². The highest BCUT2D eigenvalue weighted by Gasteiger charge is 2.09. The number of nitrogens with one attached hydrogen (secondary N) is 2. The van der Waals surface area contributed by atoms with Crippen molar-refractivity contribution >= 4 is 39.9 Å². The van der Waals surface area contributed by atoms with E-state index in [1.54, 1.807) is 23.9 Å². The number of aromatic nitrogens is 2. The molecule has 0 fully saturated rings. The van der Waals surface area contributed by atoms with Gasteiger partial charge in [0, 0.05) is 11.4 Å². The predicted octanol–water partition coefficient (Wildman–Crippen LogP) is 4.87. The number of rotatable bonds is 7. The van der Waals surface area contributed by atoms with E-state index in [2.05, 4.69) is 33.0 Å².